The normalized spacial score (nSPS) is 16.2. The fourth-order valence-electron chi connectivity index (χ4n) is 3.97. The summed E-state index contributed by atoms with van der Waals surface area (Å²) in [5.41, 5.74) is 8.03. The minimum atomic E-state index is -0.378. The minimum absolute atomic E-state index is 0.0104. The van der Waals surface area contributed by atoms with Crippen LogP contribution in [0, 0.1) is 5.82 Å². The van der Waals surface area contributed by atoms with Gasteiger partial charge in [0.2, 0.25) is 0 Å². The smallest absolute Gasteiger partial charge is 0.275 e. The quantitative estimate of drug-likeness (QED) is 0.424. The molecule has 4 aromatic rings. The highest BCUT2D eigenvalue weighted by atomic mass is 32.1. The molecule has 1 aliphatic heterocycles. The number of thiazole rings is 1. The number of piperidine rings is 1. The molecule has 1 amide bonds. The zero-order valence-electron chi connectivity index (χ0n) is 17.8. The number of para-hydroxylation sites is 1. The number of amides is 1. The van der Waals surface area contributed by atoms with Gasteiger partial charge in [0.1, 0.15) is 16.5 Å². The maximum Gasteiger partial charge on any atom is 0.275 e. The molecule has 0 radical (unpaired) electrons. The lowest BCUT2D eigenvalue weighted by Gasteiger charge is -2.34. The van der Waals surface area contributed by atoms with Crippen molar-refractivity contribution in [1.82, 2.24) is 14.8 Å². The molecule has 7 nitrogen and oxygen atoms in total. The highest BCUT2D eigenvalue weighted by molar-refractivity contribution is 7.13. The van der Waals surface area contributed by atoms with E-state index < -0.39 is 0 Å². The number of carbonyl (C=O) groups is 1. The topological polar surface area (TPSA) is 89.1 Å². The molecule has 5 rings (SSSR count). The SMILES string of the molecule is N[C@@H]1CCCN(c2c(F)cccc2NC(=O)c2csc(-c3cnn(Cc4cccs4)c3)n2)C1. The average molecular weight is 483 g/mol. The second kappa shape index (κ2) is 9.42. The number of halogens is 1. The second-order valence-electron chi connectivity index (χ2n) is 7.98. The van der Waals surface area contributed by atoms with Crippen molar-refractivity contribution >= 4 is 40.0 Å². The summed E-state index contributed by atoms with van der Waals surface area (Å²) in [6.45, 7) is 1.95. The molecule has 4 heterocycles. The Labute approximate surface area is 198 Å². The number of benzene rings is 1. The summed E-state index contributed by atoms with van der Waals surface area (Å²) in [5, 5.41) is 11.7. The number of aromatic nitrogens is 3. The van der Waals surface area contributed by atoms with Crippen LogP contribution in [0.2, 0.25) is 0 Å². The highest BCUT2D eigenvalue weighted by Crippen LogP contribution is 2.32. The monoisotopic (exact) mass is 482 g/mol. The standard InChI is InChI=1S/C23H23FN6OS2/c24-18-6-1-7-19(21(18)29-8-2-4-16(25)12-29)27-22(31)20-14-33-23(28-20)15-10-26-30(11-15)13-17-5-3-9-32-17/h1,3,5-7,9-11,14,16H,2,4,8,12-13,25H2,(H,27,31)/t16-/m1/s1. The number of nitrogens with zero attached hydrogens (tertiary/aromatic N) is 4. The van der Waals surface area contributed by atoms with Crippen LogP contribution in [0.1, 0.15) is 28.2 Å². The Morgan fingerprint density at radius 3 is 3.00 bits per heavy atom. The maximum atomic E-state index is 14.7. The van der Waals surface area contributed by atoms with Crippen molar-refractivity contribution in [2.45, 2.75) is 25.4 Å². The van der Waals surface area contributed by atoms with Crippen LogP contribution in [0.4, 0.5) is 15.8 Å². The van der Waals surface area contributed by atoms with E-state index in [0.717, 1.165) is 18.4 Å². The summed E-state index contributed by atoms with van der Waals surface area (Å²) in [5.74, 6) is -0.754. The van der Waals surface area contributed by atoms with Gasteiger partial charge in [0, 0.05) is 41.1 Å². The first-order valence-electron chi connectivity index (χ1n) is 10.7. The van der Waals surface area contributed by atoms with Gasteiger partial charge in [-0.25, -0.2) is 9.37 Å². The van der Waals surface area contributed by atoms with Gasteiger partial charge in [-0.1, -0.05) is 12.1 Å². The van der Waals surface area contributed by atoms with Crippen LogP contribution < -0.4 is 16.0 Å². The van der Waals surface area contributed by atoms with Crippen molar-refractivity contribution in [3.8, 4) is 10.6 Å². The molecule has 0 bridgehead atoms. The highest BCUT2D eigenvalue weighted by Gasteiger charge is 2.23. The number of nitrogens with two attached hydrogens (primary N) is 1. The molecule has 3 N–H and O–H groups in total. The van der Waals surface area contributed by atoms with Gasteiger partial charge in [-0.15, -0.1) is 22.7 Å². The largest absolute Gasteiger partial charge is 0.366 e. The molecule has 170 valence electrons. The summed E-state index contributed by atoms with van der Waals surface area (Å²) in [7, 11) is 0. The first-order valence-corrected chi connectivity index (χ1v) is 12.4. The van der Waals surface area contributed by atoms with Crippen molar-refractivity contribution in [1.29, 1.82) is 0 Å². The van der Waals surface area contributed by atoms with E-state index in [-0.39, 0.29) is 23.5 Å². The van der Waals surface area contributed by atoms with E-state index >= 15 is 0 Å². The fourth-order valence-corrected chi connectivity index (χ4v) is 5.44. The predicted molar refractivity (Wildman–Crippen MR) is 131 cm³/mol. The van der Waals surface area contributed by atoms with Crippen LogP contribution in [0.5, 0.6) is 0 Å². The van der Waals surface area contributed by atoms with Gasteiger partial charge in [-0.3, -0.25) is 9.48 Å². The molecular formula is C23H23FN6OS2. The first-order chi connectivity index (χ1) is 16.1. The van der Waals surface area contributed by atoms with Crippen LogP contribution in [0.3, 0.4) is 0 Å². The molecule has 1 atom stereocenters. The van der Waals surface area contributed by atoms with Gasteiger partial charge in [-0.05, 0) is 36.4 Å². The Bertz CT molecular complexity index is 1250. The Morgan fingerprint density at radius 1 is 1.27 bits per heavy atom. The summed E-state index contributed by atoms with van der Waals surface area (Å²) in [6.07, 6.45) is 5.47. The number of thiophene rings is 1. The van der Waals surface area contributed by atoms with Crippen LogP contribution in [0.15, 0.2) is 53.5 Å². The van der Waals surface area contributed by atoms with E-state index in [0.29, 0.717) is 36.0 Å². The van der Waals surface area contributed by atoms with Crippen LogP contribution >= 0.6 is 22.7 Å². The molecule has 1 saturated heterocycles. The number of hydrogen-bond donors (Lipinski definition) is 2. The Hall–Kier alpha value is -3.08. The average Bonchev–Trinajstić information content (AvgIpc) is 3.56. The van der Waals surface area contributed by atoms with Crippen molar-refractivity contribution in [3.05, 3.63) is 69.9 Å². The molecule has 0 saturated carbocycles. The van der Waals surface area contributed by atoms with Crippen molar-refractivity contribution in [3.63, 3.8) is 0 Å². The van der Waals surface area contributed by atoms with Gasteiger partial charge in [0.15, 0.2) is 0 Å². The van der Waals surface area contributed by atoms with Gasteiger partial charge in [0.05, 0.1) is 24.1 Å². The second-order valence-corrected chi connectivity index (χ2v) is 9.87. The first kappa shape index (κ1) is 21.7. The van der Waals surface area contributed by atoms with Crippen LogP contribution in [-0.4, -0.2) is 39.8 Å². The Kier molecular flexibility index (Phi) is 6.21. The van der Waals surface area contributed by atoms with E-state index in [9.17, 15) is 9.18 Å². The molecule has 0 spiro atoms. The van der Waals surface area contributed by atoms with Crippen molar-refractivity contribution in [2.24, 2.45) is 5.73 Å². The maximum absolute atomic E-state index is 14.7. The molecule has 0 unspecified atom stereocenters. The number of nitrogens with one attached hydrogen (secondary N) is 1. The third-order valence-corrected chi connectivity index (χ3v) is 7.28. The van der Waals surface area contributed by atoms with Crippen LogP contribution in [-0.2, 0) is 6.54 Å². The lowest BCUT2D eigenvalue weighted by molar-refractivity contribution is 0.102. The molecule has 10 heteroatoms. The van der Waals surface area contributed by atoms with Gasteiger partial charge < -0.3 is 16.0 Å². The Balaban J connectivity index is 1.32. The molecular weight excluding hydrogens is 459 g/mol. The summed E-state index contributed by atoms with van der Waals surface area (Å²) in [6, 6.07) is 8.77. The van der Waals surface area contributed by atoms with E-state index in [1.54, 1.807) is 35.0 Å². The third kappa shape index (κ3) is 4.82. The molecule has 0 aliphatic carbocycles. The molecule has 3 aromatic heterocycles. The fraction of sp³-hybridized carbons (Fsp3) is 0.261. The lowest BCUT2D eigenvalue weighted by Crippen LogP contribution is -2.43. The zero-order valence-corrected chi connectivity index (χ0v) is 19.4. The van der Waals surface area contributed by atoms with Gasteiger partial charge >= 0.3 is 0 Å². The van der Waals surface area contributed by atoms with Gasteiger partial charge in [-0.2, -0.15) is 5.10 Å². The zero-order chi connectivity index (χ0) is 22.8. The summed E-state index contributed by atoms with van der Waals surface area (Å²) < 4.78 is 16.6. The van der Waals surface area contributed by atoms with E-state index in [2.05, 4.69) is 21.5 Å². The van der Waals surface area contributed by atoms with E-state index in [1.165, 1.54) is 22.3 Å². The van der Waals surface area contributed by atoms with E-state index in [4.69, 9.17) is 5.73 Å². The summed E-state index contributed by atoms with van der Waals surface area (Å²) in [4.78, 5) is 20.5. The van der Waals surface area contributed by atoms with Gasteiger partial charge in [0.25, 0.3) is 5.91 Å². The summed E-state index contributed by atoms with van der Waals surface area (Å²) >= 11 is 3.06. The number of anilines is 2. The van der Waals surface area contributed by atoms with Crippen molar-refractivity contribution in [2.75, 3.05) is 23.3 Å². The van der Waals surface area contributed by atoms with Crippen LogP contribution in [0.25, 0.3) is 10.6 Å². The molecule has 1 fully saturated rings. The van der Waals surface area contributed by atoms with Crippen molar-refractivity contribution < 1.29 is 9.18 Å². The molecule has 33 heavy (non-hydrogen) atoms. The van der Waals surface area contributed by atoms with E-state index in [1.807, 2.05) is 27.2 Å². The Morgan fingerprint density at radius 2 is 2.18 bits per heavy atom. The predicted octanol–water partition coefficient (Wildman–Crippen LogP) is 4.44. The third-order valence-electron chi connectivity index (χ3n) is 5.52. The minimum Gasteiger partial charge on any atom is -0.366 e. The number of rotatable bonds is 6. The molecule has 1 aromatic carbocycles. The number of hydrogen-bond acceptors (Lipinski definition) is 7. The number of carbonyl (C=O) groups excluding carboxylic acids is 1. The molecule has 1 aliphatic rings. The lowest BCUT2D eigenvalue weighted by atomic mass is 10.1.